The third-order valence-corrected chi connectivity index (χ3v) is 1.90. The van der Waals surface area contributed by atoms with Crippen LogP contribution in [0.25, 0.3) is 0 Å². The summed E-state index contributed by atoms with van der Waals surface area (Å²) >= 11 is 0. The molecule has 1 aromatic carbocycles. The van der Waals surface area contributed by atoms with Crippen molar-refractivity contribution in [3.63, 3.8) is 0 Å². The number of carbonyl (C=O) groups excluding carboxylic acids is 1. The molecule has 94 valence electrons. The fourth-order valence-electron chi connectivity index (χ4n) is 0.989. The molecule has 4 N–H and O–H groups in total. The van der Waals surface area contributed by atoms with Crippen LogP contribution in [0.3, 0.4) is 0 Å². The number of rotatable bonds is 3. The average Bonchev–Trinajstić information content (AvgIpc) is 2.26. The topological polar surface area (TPSA) is 66.0 Å². The summed E-state index contributed by atoms with van der Waals surface area (Å²) in [5.41, 5.74) is 3.46. The van der Waals surface area contributed by atoms with Crippen LogP contribution in [-0.4, -0.2) is 18.4 Å². The van der Waals surface area contributed by atoms with Crippen LogP contribution in [0.5, 0.6) is 0 Å². The van der Waals surface area contributed by atoms with Gasteiger partial charge in [0.2, 0.25) is 0 Å². The van der Waals surface area contributed by atoms with E-state index in [4.69, 9.17) is 0 Å². The van der Waals surface area contributed by atoms with E-state index in [1.165, 1.54) is 0 Å². The lowest BCUT2D eigenvalue weighted by molar-refractivity contribution is -0.486. The lowest BCUT2D eigenvalue weighted by atomic mass is 10.2. The summed E-state index contributed by atoms with van der Waals surface area (Å²) in [6.45, 7) is -0.0861. The molecule has 0 bridgehead atoms. The Bertz CT molecular complexity index is 368. The molecule has 0 aliphatic rings. The first-order valence-electron chi connectivity index (χ1n) is 4.76. The van der Waals surface area contributed by atoms with Crippen molar-refractivity contribution in [2.24, 2.45) is 0 Å². The van der Waals surface area contributed by atoms with Gasteiger partial charge in [0.05, 0.1) is 0 Å². The smallest absolute Gasteiger partial charge is 0.445 e. The predicted molar refractivity (Wildman–Crippen MR) is 52.5 cm³/mol. The van der Waals surface area contributed by atoms with E-state index in [1.807, 2.05) is 0 Å². The van der Waals surface area contributed by atoms with Gasteiger partial charge in [0, 0.05) is 0 Å². The molecule has 0 aromatic heterocycles. The number of carbonyl (C=O) groups is 1. The predicted octanol–water partition coefficient (Wildman–Crippen LogP) is 1.04. The van der Waals surface area contributed by atoms with Crippen molar-refractivity contribution in [3.05, 3.63) is 35.9 Å². The van der Waals surface area contributed by atoms with Gasteiger partial charge in [0.1, 0.15) is 6.61 Å². The molecule has 0 aliphatic carbocycles. The van der Waals surface area contributed by atoms with E-state index in [0.29, 0.717) is 5.56 Å². The Labute approximate surface area is 95.6 Å². The highest BCUT2D eigenvalue weighted by molar-refractivity contribution is 5.67. The number of quaternary nitrogens is 1. The molecule has 1 amide bonds. The maximum absolute atomic E-state index is 12.0. The molecular formula is C10H12F3N2O2+. The Balaban J connectivity index is 2.36. The highest BCUT2D eigenvalue weighted by Gasteiger charge is 2.42. The molecule has 17 heavy (non-hydrogen) atoms. The monoisotopic (exact) mass is 249 g/mol. The Morgan fingerprint density at radius 1 is 1.35 bits per heavy atom. The van der Waals surface area contributed by atoms with Crippen molar-refractivity contribution in [3.8, 4) is 0 Å². The second kappa shape index (κ2) is 5.53. The third-order valence-electron chi connectivity index (χ3n) is 1.90. The standard InChI is InChI=1S/C10H11F3N2O2/c11-10(12,13)8(14)15-9(16)17-6-7-4-2-1-3-5-7/h1-5,8H,6,14H2,(H,15,16)/p+1/t8-/m1/s1. The van der Waals surface area contributed by atoms with Crippen molar-refractivity contribution in [1.29, 1.82) is 0 Å². The van der Waals surface area contributed by atoms with Crippen LogP contribution in [-0.2, 0) is 11.3 Å². The van der Waals surface area contributed by atoms with Gasteiger partial charge in [-0.2, -0.15) is 13.2 Å². The summed E-state index contributed by atoms with van der Waals surface area (Å²) in [6.07, 6.45) is -7.90. The molecule has 0 spiro atoms. The fraction of sp³-hybridized carbons (Fsp3) is 0.300. The molecule has 4 nitrogen and oxygen atoms in total. The summed E-state index contributed by atoms with van der Waals surface area (Å²) < 4.78 is 40.7. The van der Waals surface area contributed by atoms with Crippen LogP contribution >= 0.6 is 0 Å². The van der Waals surface area contributed by atoms with Gasteiger partial charge in [-0.1, -0.05) is 30.3 Å². The molecule has 0 saturated carbocycles. The highest BCUT2D eigenvalue weighted by Crippen LogP contribution is 2.15. The molecule has 1 rings (SSSR count). The van der Waals surface area contributed by atoms with Crippen LogP contribution in [0.2, 0.25) is 0 Å². The Morgan fingerprint density at radius 3 is 2.47 bits per heavy atom. The molecule has 1 atom stereocenters. The number of hydrogen-bond donors (Lipinski definition) is 2. The summed E-state index contributed by atoms with van der Waals surface area (Å²) in [4.78, 5) is 11.0. The molecule has 0 unspecified atom stereocenters. The van der Waals surface area contributed by atoms with Crippen molar-refractivity contribution >= 4 is 6.09 Å². The third kappa shape index (κ3) is 4.73. The van der Waals surface area contributed by atoms with E-state index in [1.54, 1.807) is 35.6 Å². The lowest BCUT2D eigenvalue weighted by Crippen LogP contribution is -2.75. The number of nitrogens with one attached hydrogen (secondary N) is 1. The lowest BCUT2D eigenvalue weighted by Gasteiger charge is -2.13. The summed E-state index contributed by atoms with van der Waals surface area (Å²) in [6, 6.07) is 8.63. The van der Waals surface area contributed by atoms with Crippen LogP contribution in [0.1, 0.15) is 5.56 Å². The summed E-state index contributed by atoms with van der Waals surface area (Å²) in [5, 5.41) is 1.59. The first kappa shape index (κ1) is 13.3. The van der Waals surface area contributed by atoms with Crippen LogP contribution < -0.4 is 11.1 Å². The van der Waals surface area contributed by atoms with E-state index in [-0.39, 0.29) is 6.61 Å². The van der Waals surface area contributed by atoms with Gasteiger partial charge in [-0.05, 0) is 5.56 Å². The first-order valence-corrected chi connectivity index (χ1v) is 4.76. The zero-order valence-corrected chi connectivity index (χ0v) is 8.83. The van der Waals surface area contributed by atoms with E-state index >= 15 is 0 Å². The maximum Gasteiger partial charge on any atom is 0.462 e. The number of benzene rings is 1. The van der Waals surface area contributed by atoms with E-state index < -0.39 is 18.4 Å². The van der Waals surface area contributed by atoms with Crippen molar-refractivity contribution in [2.45, 2.75) is 18.9 Å². The quantitative estimate of drug-likeness (QED) is 0.786. The molecule has 0 fully saturated rings. The Hall–Kier alpha value is -1.76. The Kier molecular flexibility index (Phi) is 4.33. The number of alkyl carbamates (subject to hydrolysis) is 1. The molecule has 0 radical (unpaired) electrons. The Morgan fingerprint density at radius 2 is 1.94 bits per heavy atom. The van der Waals surface area contributed by atoms with E-state index in [9.17, 15) is 18.0 Å². The maximum atomic E-state index is 12.0. The molecular weight excluding hydrogens is 237 g/mol. The average molecular weight is 249 g/mol. The zero-order valence-electron chi connectivity index (χ0n) is 8.83. The summed E-state index contributed by atoms with van der Waals surface area (Å²) in [7, 11) is 0. The van der Waals surface area contributed by atoms with E-state index in [2.05, 4.69) is 10.5 Å². The number of amides is 1. The molecule has 0 aliphatic heterocycles. The number of hydrogen-bond acceptors (Lipinski definition) is 2. The van der Waals surface area contributed by atoms with Gasteiger partial charge in [-0.25, -0.2) is 4.79 Å². The molecule has 0 heterocycles. The van der Waals surface area contributed by atoms with Gasteiger partial charge in [0.15, 0.2) is 0 Å². The largest absolute Gasteiger partial charge is 0.462 e. The van der Waals surface area contributed by atoms with Crippen LogP contribution in [0.15, 0.2) is 30.3 Å². The number of halogens is 3. The second-order valence-corrected chi connectivity index (χ2v) is 3.30. The minimum absolute atomic E-state index is 0.0861. The van der Waals surface area contributed by atoms with E-state index in [0.717, 1.165) is 0 Å². The van der Waals surface area contributed by atoms with Crippen molar-refractivity contribution < 1.29 is 28.4 Å². The molecule has 1 aromatic rings. The first-order chi connectivity index (χ1) is 7.89. The minimum Gasteiger partial charge on any atom is -0.445 e. The normalized spacial score (nSPS) is 12.9. The zero-order chi connectivity index (χ0) is 12.9. The number of alkyl halides is 3. The van der Waals surface area contributed by atoms with Crippen LogP contribution in [0.4, 0.5) is 18.0 Å². The highest BCUT2D eigenvalue weighted by atomic mass is 19.4. The second-order valence-electron chi connectivity index (χ2n) is 3.30. The van der Waals surface area contributed by atoms with Gasteiger partial charge >= 0.3 is 12.3 Å². The van der Waals surface area contributed by atoms with Gasteiger partial charge < -0.3 is 10.5 Å². The SMILES string of the molecule is [NH3+][C@H](NC(=O)OCc1ccccc1)C(F)(F)F. The van der Waals surface area contributed by atoms with Gasteiger partial charge in [-0.3, -0.25) is 5.32 Å². The van der Waals surface area contributed by atoms with Crippen molar-refractivity contribution in [2.75, 3.05) is 0 Å². The molecule has 7 heteroatoms. The van der Waals surface area contributed by atoms with Gasteiger partial charge in [0.25, 0.3) is 6.17 Å². The number of ether oxygens (including phenoxy) is 1. The minimum atomic E-state index is -4.58. The van der Waals surface area contributed by atoms with Gasteiger partial charge in [-0.15, -0.1) is 0 Å². The summed E-state index contributed by atoms with van der Waals surface area (Å²) in [5.74, 6) is 0. The van der Waals surface area contributed by atoms with Crippen LogP contribution in [0, 0.1) is 0 Å². The molecule has 0 saturated heterocycles. The van der Waals surface area contributed by atoms with Crippen molar-refractivity contribution in [1.82, 2.24) is 5.32 Å². The fourth-order valence-corrected chi connectivity index (χ4v) is 0.989.